The second kappa shape index (κ2) is 4.49. The molecular formula is C12H10ClFN2. The average Bonchev–Trinajstić information content (AvgIpc) is 2.24. The van der Waals surface area contributed by atoms with Crippen LogP contribution < -0.4 is 5.32 Å². The number of anilines is 2. The minimum atomic E-state index is -0.519. The van der Waals surface area contributed by atoms with Crippen molar-refractivity contribution >= 4 is 23.0 Å². The SMILES string of the molecule is Cc1cccc(Cl)c1Nc1ccnc(F)c1. The molecule has 0 amide bonds. The van der Waals surface area contributed by atoms with Crippen molar-refractivity contribution in [2.75, 3.05) is 5.32 Å². The summed E-state index contributed by atoms with van der Waals surface area (Å²) in [7, 11) is 0. The first kappa shape index (κ1) is 10.9. The lowest BCUT2D eigenvalue weighted by Gasteiger charge is -2.10. The van der Waals surface area contributed by atoms with Crippen LogP contribution in [0.4, 0.5) is 15.8 Å². The minimum absolute atomic E-state index is 0.519. The van der Waals surface area contributed by atoms with E-state index in [0.29, 0.717) is 10.7 Å². The van der Waals surface area contributed by atoms with E-state index in [-0.39, 0.29) is 0 Å². The van der Waals surface area contributed by atoms with Gasteiger partial charge in [-0.15, -0.1) is 0 Å². The summed E-state index contributed by atoms with van der Waals surface area (Å²) in [5, 5.41) is 3.68. The molecule has 2 aromatic rings. The van der Waals surface area contributed by atoms with Crippen LogP contribution in [-0.2, 0) is 0 Å². The molecule has 0 spiro atoms. The van der Waals surface area contributed by atoms with Gasteiger partial charge in [0, 0.05) is 18.0 Å². The lowest BCUT2D eigenvalue weighted by molar-refractivity contribution is 0.584. The maximum atomic E-state index is 12.9. The molecule has 16 heavy (non-hydrogen) atoms. The molecule has 0 bridgehead atoms. The molecule has 0 radical (unpaired) electrons. The van der Waals surface area contributed by atoms with Crippen molar-refractivity contribution in [1.82, 2.24) is 4.98 Å². The van der Waals surface area contributed by atoms with Crippen molar-refractivity contribution in [3.05, 3.63) is 53.1 Å². The van der Waals surface area contributed by atoms with Crippen LogP contribution in [-0.4, -0.2) is 4.98 Å². The molecule has 1 heterocycles. The highest BCUT2D eigenvalue weighted by Gasteiger charge is 2.04. The van der Waals surface area contributed by atoms with E-state index in [1.165, 1.54) is 12.3 Å². The van der Waals surface area contributed by atoms with Crippen LogP contribution in [0.1, 0.15) is 5.56 Å². The molecule has 0 aliphatic carbocycles. The van der Waals surface area contributed by atoms with Gasteiger partial charge in [-0.05, 0) is 24.6 Å². The van der Waals surface area contributed by atoms with E-state index >= 15 is 0 Å². The van der Waals surface area contributed by atoms with Crippen LogP contribution in [0, 0.1) is 12.9 Å². The van der Waals surface area contributed by atoms with Crippen molar-refractivity contribution < 1.29 is 4.39 Å². The molecule has 0 saturated carbocycles. The third-order valence-corrected chi connectivity index (χ3v) is 2.53. The number of nitrogens with one attached hydrogen (secondary N) is 1. The van der Waals surface area contributed by atoms with Crippen LogP contribution in [0.25, 0.3) is 0 Å². The number of hydrogen-bond donors (Lipinski definition) is 1. The summed E-state index contributed by atoms with van der Waals surface area (Å²) in [6.45, 7) is 1.94. The summed E-state index contributed by atoms with van der Waals surface area (Å²) in [5.41, 5.74) is 2.42. The Hall–Kier alpha value is -1.61. The molecule has 2 rings (SSSR count). The largest absolute Gasteiger partial charge is 0.354 e. The highest BCUT2D eigenvalue weighted by molar-refractivity contribution is 6.33. The quantitative estimate of drug-likeness (QED) is 0.800. The van der Waals surface area contributed by atoms with Crippen LogP contribution in [0.2, 0.25) is 5.02 Å². The first-order valence-corrected chi connectivity index (χ1v) is 5.18. The first-order chi connectivity index (χ1) is 7.66. The van der Waals surface area contributed by atoms with Gasteiger partial charge in [-0.1, -0.05) is 23.7 Å². The van der Waals surface area contributed by atoms with Gasteiger partial charge in [-0.2, -0.15) is 4.39 Å². The molecule has 1 aromatic heterocycles. The van der Waals surface area contributed by atoms with E-state index < -0.39 is 5.95 Å². The number of nitrogens with zero attached hydrogens (tertiary/aromatic N) is 1. The monoisotopic (exact) mass is 236 g/mol. The fourth-order valence-corrected chi connectivity index (χ4v) is 1.68. The molecule has 82 valence electrons. The third kappa shape index (κ3) is 2.31. The Morgan fingerprint density at radius 2 is 2.12 bits per heavy atom. The smallest absolute Gasteiger partial charge is 0.214 e. The second-order valence-corrected chi connectivity index (χ2v) is 3.83. The Balaban J connectivity index is 2.34. The highest BCUT2D eigenvalue weighted by atomic mass is 35.5. The molecule has 0 unspecified atom stereocenters. The molecule has 0 aliphatic heterocycles. The molecule has 1 N–H and O–H groups in total. The summed E-state index contributed by atoms with van der Waals surface area (Å²) in [4.78, 5) is 3.49. The van der Waals surface area contributed by atoms with Crippen molar-refractivity contribution in [1.29, 1.82) is 0 Å². The van der Waals surface area contributed by atoms with Gasteiger partial charge in [-0.25, -0.2) is 4.98 Å². The van der Waals surface area contributed by atoms with E-state index in [9.17, 15) is 4.39 Å². The Labute approximate surface area is 98.1 Å². The number of para-hydroxylation sites is 1. The zero-order chi connectivity index (χ0) is 11.5. The molecule has 0 atom stereocenters. The molecule has 1 aromatic carbocycles. The summed E-state index contributed by atoms with van der Waals surface area (Å²) in [5.74, 6) is -0.519. The van der Waals surface area contributed by atoms with Gasteiger partial charge in [0.25, 0.3) is 0 Å². The normalized spacial score (nSPS) is 10.2. The number of aryl methyl sites for hydroxylation is 1. The van der Waals surface area contributed by atoms with Crippen molar-refractivity contribution in [3.8, 4) is 0 Å². The van der Waals surface area contributed by atoms with Gasteiger partial charge < -0.3 is 5.32 Å². The van der Waals surface area contributed by atoms with Crippen LogP contribution in [0.5, 0.6) is 0 Å². The average molecular weight is 237 g/mol. The predicted molar refractivity (Wildman–Crippen MR) is 63.7 cm³/mol. The number of halogens is 2. The van der Waals surface area contributed by atoms with Gasteiger partial charge in [0.2, 0.25) is 5.95 Å². The fraction of sp³-hybridized carbons (Fsp3) is 0.0833. The van der Waals surface area contributed by atoms with Gasteiger partial charge in [0.15, 0.2) is 0 Å². The zero-order valence-electron chi connectivity index (χ0n) is 8.67. The standard InChI is InChI=1S/C12H10ClFN2/c1-8-3-2-4-10(13)12(8)16-9-5-6-15-11(14)7-9/h2-7H,1H3,(H,15,16). The number of hydrogen-bond acceptors (Lipinski definition) is 2. The summed E-state index contributed by atoms with van der Waals surface area (Å²) >= 11 is 6.05. The van der Waals surface area contributed by atoms with E-state index in [0.717, 1.165) is 11.3 Å². The number of pyridine rings is 1. The molecule has 2 nitrogen and oxygen atoms in total. The maximum absolute atomic E-state index is 12.9. The summed E-state index contributed by atoms with van der Waals surface area (Å²) in [6.07, 6.45) is 1.41. The lowest BCUT2D eigenvalue weighted by atomic mass is 10.2. The van der Waals surface area contributed by atoms with Gasteiger partial charge in [0.05, 0.1) is 10.7 Å². The number of benzene rings is 1. The fourth-order valence-electron chi connectivity index (χ4n) is 1.41. The van der Waals surface area contributed by atoms with Crippen LogP contribution in [0.3, 0.4) is 0 Å². The third-order valence-electron chi connectivity index (χ3n) is 2.22. The van der Waals surface area contributed by atoms with E-state index in [1.54, 1.807) is 12.1 Å². The topological polar surface area (TPSA) is 24.9 Å². The van der Waals surface area contributed by atoms with Crippen molar-refractivity contribution in [3.63, 3.8) is 0 Å². The second-order valence-electron chi connectivity index (χ2n) is 3.42. The van der Waals surface area contributed by atoms with Crippen LogP contribution >= 0.6 is 11.6 Å². The predicted octanol–water partition coefficient (Wildman–Crippen LogP) is 3.93. The first-order valence-electron chi connectivity index (χ1n) is 4.80. The van der Waals surface area contributed by atoms with Gasteiger partial charge >= 0.3 is 0 Å². The highest BCUT2D eigenvalue weighted by Crippen LogP contribution is 2.28. The Kier molecular flexibility index (Phi) is 3.06. The van der Waals surface area contributed by atoms with Gasteiger partial charge in [0.1, 0.15) is 0 Å². The molecule has 0 saturated heterocycles. The van der Waals surface area contributed by atoms with Gasteiger partial charge in [-0.3, -0.25) is 0 Å². The van der Waals surface area contributed by atoms with E-state index in [2.05, 4.69) is 10.3 Å². The van der Waals surface area contributed by atoms with Crippen molar-refractivity contribution in [2.24, 2.45) is 0 Å². The Morgan fingerprint density at radius 3 is 2.81 bits per heavy atom. The molecular weight excluding hydrogens is 227 g/mol. The van der Waals surface area contributed by atoms with E-state index in [4.69, 9.17) is 11.6 Å². The summed E-state index contributed by atoms with van der Waals surface area (Å²) in [6, 6.07) is 8.60. The van der Waals surface area contributed by atoms with Crippen LogP contribution in [0.15, 0.2) is 36.5 Å². The molecule has 0 fully saturated rings. The summed E-state index contributed by atoms with van der Waals surface area (Å²) < 4.78 is 12.9. The van der Waals surface area contributed by atoms with Crippen molar-refractivity contribution in [2.45, 2.75) is 6.92 Å². The van der Waals surface area contributed by atoms with E-state index in [1.807, 2.05) is 19.1 Å². The minimum Gasteiger partial charge on any atom is -0.354 e. The Bertz CT molecular complexity index is 494. The number of rotatable bonds is 2. The zero-order valence-corrected chi connectivity index (χ0v) is 9.42. The number of aromatic nitrogens is 1. The molecule has 0 aliphatic rings. The maximum Gasteiger partial charge on any atom is 0.214 e. The lowest BCUT2D eigenvalue weighted by Crippen LogP contribution is -1.95. The molecule has 4 heteroatoms. The Morgan fingerprint density at radius 1 is 1.31 bits per heavy atom.